The lowest BCUT2D eigenvalue weighted by atomic mass is 10.1. The van der Waals surface area contributed by atoms with Gasteiger partial charge in [-0.3, -0.25) is 14.9 Å². The van der Waals surface area contributed by atoms with Crippen LogP contribution in [-0.4, -0.2) is 38.4 Å². The quantitative estimate of drug-likeness (QED) is 0.207. The Morgan fingerprint density at radius 2 is 1.64 bits per heavy atom. The number of benzene rings is 3. The Hall–Kier alpha value is -4.12. The van der Waals surface area contributed by atoms with Crippen LogP contribution in [-0.2, 0) is 17.8 Å². The summed E-state index contributed by atoms with van der Waals surface area (Å²) >= 11 is 3.47. The number of hydrogen-bond acceptors (Lipinski definition) is 8. The predicted molar refractivity (Wildman–Crippen MR) is 137 cm³/mol. The lowest BCUT2D eigenvalue weighted by Gasteiger charge is -2.13. The zero-order chi connectivity index (χ0) is 26.1. The van der Waals surface area contributed by atoms with Crippen LogP contribution in [0.25, 0.3) is 0 Å². The zero-order valence-corrected chi connectivity index (χ0v) is 21.4. The van der Waals surface area contributed by atoms with Crippen LogP contribution in [0, 0.1) is 10.1 Å². The number of rotatable bonds is 11. The number of non-ortho nitro benzene ring substituents is 1. The van der Waals surface area contributed by atoms with E-state index in [1.807, 2.05) is 0 Å². The van der Waals surface area contributed by atoms with Gasteiger partial charge < -0.3 is 18.9 Å². The zero-order valence-electron chi connectivity index (χ0n) is 19.8. The third-order valence-electron chi connectivity index (χ3n) is 5.00. The molecule has 3 aromatic rings. The smallest absolute Gasteiger partial charge is 0.269 e. The molecule has 0 fully saturated rings. The summed E-state index contributed by atoms with van der Waals surface area (Å²) in [4.78, 5) is 22.6. The molecule has 188 valence electrons. The fourth-order valence-electron chi connectivity index (χ4n) is 3.22. The number of ether oxygens (including phenoxy) is 4. The first-order valence-corrected chi connectivity index (χ1v) is 11.4. The summed E-state index contributed by atoms with van der Waals surface area (Å²) in [6.45, 7) is 0.187. The number of hydrogen-bond donors (Lipinski definition) is 1. The monoisotopic (exact) mass is 557 g/mol. The fraction of sp³-hybridized carbons (Fsp3) is 0.200. The largest absolute Gasteiger partial charge is 0.493 e. The maximum Gasteiger partial charge on any atom is 0.269 e. The molecule has 1 N–H and O–H groups in total. The van der Waals surface area contributed by atoms with Crippen LogP contribution in [0.4, 0.5) is 5.69 Å². The molecule has 1 amide bonds. The molecule has 0 saturated carbocycles. The molecular weight excluding hydrogens is 534 g/mol. The fourth-order valence-corrected chi connectivity index (χ4v) is 3.79. The Kier molecular flexibility index (Phi) is 9.23. The number of nitro benzene ring substituents is 1. The van der Waals surface area contributed by atoms with Gasteiger partial charge in [-0.25, -0.2) is 5.43 Å². The molecule has 3 rings (SSSR count). The summed E-state index contributed by atoms with van der Waals surface area (Å²) in [6, 6.07) is 14.8. The number of nitrogens with zero attached hydrogens (tertiary/aromatic N) is 2. The van der Waals surface area contributed by atoms with Crippen molar-refractivity contribution in [2.24, 2.45) is 5.10 Å². The van der Waals surface area contributed by atoms with E-state index < -0.39 is 4.92 Å². The standard InChI is InChI=1S/C25H24BrN3O7/c1-33-21-9-6-17(11-22(21)34-2)13-24(30)28-27-14-18-10-20(26)25(23(12-18)35-3)36-15-16-4-7-19(8-5-16)29(31)32/h4-12,14H,13,15H2,1-3H3,(H,28,30)/b27-14+. The molecule has 0 spiro atoms. The van der Waals surface area contributed by atoms with Crippen molar-refractivity contribution in [2.75, 3.05) is 21.3 Å². The first-order chi connectivity index (χ1) is 17.3. The first-order valence-electron chi connectivity index (χ1n) is 10.6. The molecule has 3 aromatic carbocycles. The topological polar surface area (TPSA) is 122 Å². The van der Waals surface area contributed by atoms with Crippen LogP contribution in [0.5, 0.6) is 23.0 Å². The number of nitrogens with one attached hydrogen (secondary N) is 1. The van der Waals surface area contributed by atoms with Gasteiger partial charge in [0.05, 0.1) is 43.4 Å². The molecule has 10 nitrogen and oxygen atoms in total. The van der Waals surface area contributed by atoms with E-state index in [1.165, 1.54) is 32.6 Å². The maximum atomic E-state index is 12.3. The molecule has 11 heteroatoms. The molecular formula is C25H24BrN3O7. The average Bonchev–Trinajstić information content (AvgIpc) is 2.87. The van der Waals surface area contributed by atoms with E-state index in [2.05, 4.69) is 26.5 Å². The summed E-state index contributed by atoms with van der Waals surface area (Å²) in [5.74, 6) is 1.74. The van der Waals surface area contributed by atoms with E-state index in [9.17, 15) is 14.9 Å². The average molecular weight is 558 g/mol. The normalized spacial score (nSPS) is 10.7. The molecule has 0 radical (unpaired) electrons. The van der Waals surface area contributed by atoms with Crippen molar-refractivity contribution in [3.05, 3.63) is 85.9 Å². The third-order valence-corrected chi connectivity index (χ3v) is 5.59. The lowest BCUT2D eigenvalue weighted by molar-refractivity contribution is -0.384. The third kappa shape index (κ3) is 6.95. The number of methoxy groups -OCH3 is 3. The Balaban J connectivity index is 1.62. The van der Waals surface area contributed by atoms with Gasteiger partial charge in [-0.1, -0.05) is 6.07 Å². The van der Waals surface area contributed by atoms with Crippen LogP contribution in [0.2, 0.25) is 0 Å². The first kappa shape index (κ1) is 26.5. The van der Waals surface area contributed by atoms with Gasteiger partial charge in [-0.15, -0.1) is 0 Å². The summed E-state index contributed by atoms with van der Waals surface area (Å²) in [6.07, 6.45) is 1.60. The van der Waals surface area contributed by atoms with Crippen molar-refractivity contribution in [1.82, 2.24) is 5.43 Å². The van der Waals surface area contributed by atoms with E-state index in [0.717, 1.165) is 11.1 Å². The molecule has 36 heavy (non-hydrogen) atoms. The predicted octanol–water partition coefficient (Wildman–Crippen LogP) is 4.65. The second-order valence-corrected chi connectivity index (χ2v) is 8.26. The molecule has 0 aliphatic rings. The number of carbonyl (C=O) groups excluding carboxylic acids is 1. The van der Waals surface area contributed by atoms with Gasteiger partial charge in [0.25, 0.3) is 5.69 Å². The second-order valence-electron chi connectivity index (χ2n) is 7.41. The van der Waals surface area contributed by atoms with Crippen molar-refractivity contribution in [2.45, 2.75) is 13.0 Å². The molecule has 0 heterocycles. The van der Waals surface area contributed by atoms with Crippen LogP contribution in [0.15, 0.2) is 64.2 Å². The molecule has 0 unspecified atom stereocenters. The van der Waals surface area contributed by atoms with Crippen LogP contribution in [0.3, 0.4) is 0 Å². The van der Waals surface area contributed by atoms with Crippen molar-refractivity contribution < 1.29 is 28.7 Å². The summed E-state index contributed by atoms with van der Waals surface area (Å²) < 4.78 is 22.4. The molecule has 0 atom stereocenters. The van der Waals surface area contributed by atoms with Crippen molar-refractivity contribution >= 4 is 33.7 Å². The summed E-state index contributed by atoms with van der Waals surface area (Å²) in [5, 5.41) is 14.8. The highest BCUT2D eigenvalue weighted by Gasteiger charge is 2.13. The SMILES string of the molecule is COc1ccc(CC(=O)N/N=C/c2cc(Br)c(OCc3ccc([N+](=O)[O-])cc3)c(OC)c2)cc1OC. The molecule has 0 aliphatic heterocycles. The number of carbonyl (C=O) groups is 1. The molecule has 0 saturated heterocycles. The minimum Gasteiger partial charge on any atom is -0.493 e. The number of nitro groups is 1. The van der Waals surface area contributed by atoms with Gasteiger partial charge in [0.2, 0.25) is 5.91 Å². The van der Waals surface area contributed by atoms with E-state index in [1.54, 1.807) is 49.6 Å². The van der Waals surface area contributed by atoms with Gasteiger partial charge in [-0.05, 0) is 69.0 Å². The number of hydrazone groups is 1. The van der Waals surface area contributed by atoms with Crippen LogP contribution < -0.4 is 24.4 Å². The van der Waals surface area contributed by atoms with E-state index in [4.69, 9.17) is 18.9 Å². The van der Waals surface area contributed by atoms with Gasteiger partial charge >= 0.3 is 0 Å². The number of amides is 1. The highest BCUT2D eigenvalue weighted by atomic mass is 79.9. The molecule has 0 bridgehead atoms. The minimum atomic E-state index is -0.455. The van der Waals surface area contributed by atoms with Crippen molar-refractivity contribution in [1.29, 1.82) is 0 Å². The minimum absolute atomic E-state index is 0.0111. The summed E-state index contributed by atoms with van der Waals surface area (Å²) in [5.41, 5.74) is 4.68. The molecule has 0 aromatic heterocycles. The Morgan fingerprint density at radius 3 is 2.28 bits per heavy atom. The Bertz CT molecular complexity index is 1260. The van der Waals surface area contributed by atoms with E-state index in [-0.39, 0.29) is 24.6 Å². The van der Waals surface area contributed by atoms with Crippen LogP contribution >= 0.6 is 15.9 Å². The Morgan fingerprint density at radius 1 is 0.972 bits per heavy atom. The highest BCUT2D eigenvalue weighted by Crippen LogP contribution is 2.37. The second kappa shape index (κ2) is 12.5. The van der Waals surface area contributed by atoms with Crippen LogP contribution in [0.1, 0.15) is 16.7 Å². The van der Waals surface area contributed by atoms with Gasteiger partial charge in [-0.2, -0.15) is 5.10 Å². The van der Waals surface area contributed by atoms with Gasteiger partial charge in [0.1, 0.15) is 6.61 Å². The summed E-state index contributed by atoms with van der Waals surface area (Å²) in [7, 11) is 4.58. The number of halogens is 1. The van der Waals surface area contributed by atoms with Gasteiger partial charge in [0, 0.05) is 12.1 Å². The van der Waals surface area contributed by atoms with E-state index in [0.29, 0.717) is 33.0 Å². The van der Waals surface area contributed by atoms with Gasteiger partial charge in [0.15, 0.2) is 23.0 Å². The molecule has 0 aliphatic carbocycles. The van der Waals surface area contributed by atoms with Crippen molar-refractivity contribution in [3.63, 3.8) is 0 Å². The highest BCUT2D eigenvalue weighted by molar-refractivity contribution is 9.10. The van der Waals surface area contributed by atoms with Crippen molar-refractivity contribution in [3.8, 4) is 23.0 Å². The Labute approximate surface area is 216 Å². The lowest BCUT2D eigenvalue weighted by Crippen LogP contribution is -2.19. The van der Waals surface area contributed by atoms with E-state index >= 15 is 0 Å². The maximum absolute atomic E-state index is 12.3.